The number of hydrogen-bond donors (Lipinski definition) is 2. The van der Waals surface area contributed by atoms with E-state index in [4.69, 9.17) is 0 Å². The predicted molar refractivity (Wildman–Crippen MR) is 76.0 cm³/mol. The molecule has 1 saturated heterocycles. The van der Waals surface area contributed by atoms with Crippen LogP contribution in [0, 0.1) is 0 Å². The van der Waals surface area contributed by atoms with Gasteiger partial charge in [0.15, 0.2) is 5.82 Å². The lowest BCUT2D eigenvalue weighted by atomic mass is 10.1. The van der Waals surface area contributed by atoms with Crippen molar-refractivity contribution in [2.75, 3.05) is 12.3 Å². The van der Waals surface area contributed by atoms with Gasteiger partial charge in [-0.25, -0.2) is 4.79 Å². The Morgan fingerprint density at radius 3 is 3.11 bits per heavy atom. The Labute approximate surface area is 117 Å². The maximum Gasteiger partial charge on any atom is 0.315 e. The third-order valence-electron chi connectivity index (χ3n) is 3.37. The van der Waals surface area contributed by atoms with E-state index < -0.39 is 0 Å². The SMILES string of the molecule is CCn1cnnc1CNC(=O)NC[C@@]1(C)CCCS1. The van der Waals surface area contributed by atoms with Gasteiger partial charge in [0.05, 0.1) is 6.54 Å². The number of nitrogens with zero attached hydrogens (tertiary/aromatic N) is 3. The highest BCUT2D eigenvalue weighted by molar-refractivity contribution is 8.00. The van der Waals surface area contributed by atoms with Crippen molar-refractivity contribution in [1.29, 1.82) is 0 Å². The van der Waals surface area contributed by atoms with Crippen molar-refractivity contribution in [2.45, 2.75) is 44.5 Å². The molecule has 1 aliphatic heterocycles. The van der Waals surface area contributed by atoms with E-state index in [1.807, 2.05) is 23.3 Å². The number of aryl methyl sites for hydroxylation is 1. The molecule has 0 unspecified atom stereocenters. The lowest BCUT2D eigenvalue weighted by molar-refractivity contribution is 0.239. The first-order chi connectivity index (χ1) is 9.13. The van der Waals surface area contributed by atoms with Crippen molar-refractivity contribution in [3.05, 3.63) is 12.2 Å². The number of carbonyl (C=O) groups excluding carboxylic acids is 1. The van der Waals surface area contributed by atoms with Crippen LogP contribution in [0.25, 0.3) is 0 Å². The van der Waals surface area contributed by atoms with Gasteiger partial charge in [0.2, 0.25) is 0 Å². The summed E-state index contributed by atoms with van der Waals surface area (Å²) in [5.74, 6) is 1.97. The normalized spacial score (nSPS) is 22.4. The topological polar surface area (TPSA) is 71.8 Å². The molecule has 0 aliphatic carbocycles. The van der Waals surface area contributed by atoms with Gasteiger partial charge in [-0.1, -0.05) is 0 Å². The van der Waals surface area contributed by atoms with E-state index >= 15 is 0 Å². The van der Waals surface area contributed by atoms with E-state index in [0.717, 1.165) is 12.4 Å². The molecule has 2 rings (SSSR count). The number of carbonyl (C=O) groups is 1. The van der Waals surface area contributed by atoms with Gasteiger partial charge in [0.25, 0.3) is 0 Å². The zero-order chi connectivity index (χ0) is 13.7. The molecule has 1 aromatic heterocycles. The van der Waals surface area contributed by atoms with Crippen LogP contribution < -0.4 is 10.6 Å². The molecule has 2 amide bonds. The van der Waals surface area contributed by atoms with E-state index in [2.05, 4.69) is 27.8 Å². The van der Waals surface area contributed by atoms with E-state index in [1.165, 1.54) is 18.6 Å². The summed E-state index contributed by atoms with van der Waals surface area (Å²) in [7, 11) is 0. The van der Waals surface area contributed by atoms with Crippen molar-refractivity contribution in [3.8, 4) is 0 Å². The van der Waals surface area contributed by atoms with Crippen LogP contribution in [0.2, 0.25) is 0 Å². The molecular weight excluding hydrogens is 262 g/mol. The van der Waals surface area contributed by atoms with E-state index in [9.17, 15) is 4.79 Å². The Bertz CT molecular complexity index is 428. The number of nitrogens with one attached hydrogen (secondary N) is 2. The Morgan fingerprint density at radius 2 is 2.42 bits per heavy atom. The summed E-state index contributed by atoms with van der Waals surface area (Å²) in [6.07, 6.45) is 4.08. The molecule has 1 aromatic rings. The lowest BCUT2D eigenvalue weighted by Gasteiger charge is -2.22. The Balaban J connectivity index is 1.73. The molecule has 0 bridgehead atoms. The minimum absolute atomic E-state index is 0.139. The number of hydrogen-bond acceptors (Lipinski definition) is 4. The van der Waals surface area contributed by atoms with Crippen LogP contribution in [0.4, 0.5) is 4.79 Å². The predicted octanol–water partition coefficient (Wildman–Crippen LogP) is 1.38. The number of thioether (sulfide) groups is 1. The van der Waals surface area contributed by atoms with Crippen LogP contribution in [-0.4, -0.2) is 37.8 Å². The van der Waals surface area contributed by atoms with E-state index in [0.29, 0.717) is 13.1 Å². The highest BCUT2D eigenvalue weighted by atomic mass is 32.2. The molecule has 1 atom stereocenters. The fraction of sp³-hybridized carbons (Fsp3) is 0.750. The van der Waals surface area contributed by atoms with Gasteiger partial charge < -0.3 is 15.2 Å². The van der Waals surface area contributed by atoms with Crippen molar-refractivity contribution in [1.82, 2.24) is 25.4 Å². The average Bonchev–Trinajstić information content (AvgIpc) is 3.03. The highest BCUT2D eigenvalue weighted by Gasteiger charge is 2.29. The first-order valence-corrected chi connectivity index (χ1v) is 7.64. The second kappa shape index (κ2) is 6.27. The molecule has 2 N–H and O–H groups in total. The largest absolute Gasteiger partial charge is 0.337 e. The van der Waals surface area contributed by atoms with Crippen molar-refractivity contribution >= 4 is 17.8 Å². The van der Waals surface area contributed by atoms with Gasteiger partial charge in [0, 0.05) is 17.8 Å². The third kappa shape index (κ3) is 3.86. The van der Waals surface area contributed by atoms with Crippen LogP contribution in [0.15, 0.2) is 6.33 Å². The molecule has 0 radical (unpaired) electrons. The lowest BCUT2D eigenvalue weighted by Crippen LogP contribution is -2.42. The molecule has 0 spiro atoms. The molecule has 19 heavy (non-hydrogen) atoms. The summed E-state index contributed by atoms with van der Waals surface area (Å²) in [5, 5.41) is 13.6. The van der Waals surface area contributed by atoms with Crippen molar-refractivity contribution in [3.63, 3.8) is 0 Å². The number of urea groups is 1. The summed E-state index contributed by atoms with van der Waals surface area (Å²) in [6.45, 7) is 6.15. The van der Waals surface area contributed by atoms with Crippen LogP contribution in [0.5, 0.6) is 0 Å². The third-order valence-corrected chi connectivity index (χ3v) is 4.91. The first-order valence-electron chi connectivity index (χ1n) is 6.65. The van der Waals surface area contributed by atoms with Crippen LogP contribution in [-0.2, 0) is 13.1 Å². The summed E-state index contributed by atoms with van der Waals surface area (Å²) < 4.78 is 2.11. The Kier molecular flexibility index (Phi) is 4.68. The molecule has 7 heteroatoms. The smallest absolute Gasteiger partial charge is 0.315 e. The van der Waals surface area contributed by atoms with Crippen molar-refractivity contribution in [2.24, 2.45) is 0 Å². The zero-order valence-corrected chi connectivity index (χ0v) is 12.3. The Hall–Kier alpha value is -1.24. The molecule has 106 valence electrons. The average molecular weight is 283 g/mol. The molecule has 6 nitrogen and oxygen atoms in total. The summed E-state index contributed by atoms with van der Waals surface area (Å²) in [4.78, 5) is 11.7. The monoisotopic (exact) mass is 283 g/mol. The molecule has 0 saturated carbocycles. The van der Waals surface area contributed by atoms with Gasteiger partial charge >= 0.3 is 6.03 Å². The summed E-state index contributed by atoms with van der Waals surface area (Å²) >= 11 is 1.94. The number of rotatable bonds is 5. The van der Waals surface area contributed by atoms with Gasteiger partial charge in [-0.3, -0.25) is 0 Å². The van der Waals surface area contributed by atoms with Crippen molar-refractivity contribution < 1.29 is 4.79 Å². The standard InChI is InChI=1S/C12H21N5OS/c1-3-17-9-15-16-10(17)7-13-11(18)14-8-12(2)5-4-6-19-12/h9H,3-8H2,1-2H3,(H2,13,14,18)/t12-/m1/s1. The van der Waals surface area contributed by atoms with Gasteiger partial charge in [-0.15, -0.1) is 10.2 Å². The second-order valence-electron chi connectivity index (χ2n) is 4.97. The van der Waals surface area contributed by atoms with Crippen LogP contribution in [0.3, 0.4) is 0 Å². The number of amides is 2. The minimum atomic E-state index is -0.139. The quantitative estimate of drug-likeness (QED) is 0.856. The Morgan fingerprint density at radius 1 is 1.58 bits per heavy atom. The number of aromatic nitrogens is 3. The fourth-order valence-corrected chi connectivity index (χ4v) is 3.39. The molecule has 0 aromatic carbocycles. The second-order valence-corrected chi connectivity index (χ2v) is 6.65. The fourth-order valence-electron chi connectivity index (χ4n) is 2.15. The maximum atomic E-state index is 11.7. The highest BCUT2D eigenvalue weighted by Crippen LogP contribution is 2.36. The molecular formula is C12H21N5OS. The van der Waals surface area contributed by atoms with E-state index in [-0.39, 0.29) is 10.8 Å². The zero-order valence-electron chi connectivity index (χ0n) is 11.5. The maximum absolute atomic E-state index is 11.7. The van der Waals surface area contributed by atoms with Crippen LogP contribution in [0.1, 0.15) is 32.5 Å². The van der Waals surface area contributed by atoms with Gasteiger partial charge in [-0.05, 0) is 32.4 Å². The molecule has 1 aliphatic rings. The summed E-state index contributed by atoms with van der Waals surface area (Å²) in [6, 6.07) is -0.139. The molecule has 2 heterocycles. The first kappa shape index (κ1) is 14.2. The van der Waals surface area contributed by atoms with Crippen LogP contribution >= 0.6 is 11.8 Å². The minimum Gasteiger partial charge on any atom is -0.337 e. The van der Waals surface area contributed by atoms with E-state index in [1.54, 1.807) is 6.33 Å². The molecule has 1 fully saturated rings. The van der Waals surface area contributed by atoms with Gasteiger partial charge in [-0.2, -0.15) is 11.8 Å². The summed E-state index contributed by atoms with van der Waals surface area (Å²) in [5.41, 5.74) is 0. The van der Waals surface area contributed by atoms with Gasteiger partial charge in [0.1, 0.15) is 6.33 Å².